The molecule has 24 heavy (non-hydrogen) atoms. The summed E-state index contributed by atoms with van der Waals surface area (Å²) >= 11 is 1.45. The van der Waals surface area contributed by atoms with Crippen molar-refractivity contribution in [2.45, 2.75) is 57.7 Å². The molecule has 126 valence electrons. The molecule has 0 aromatic carbocycles. The van der Waals surface area contributed by atoms with Gasteiger partial charge in [-0.15, -0.1) is 11.3 Å². The summed E-state index contributed by atoms with van der Waals surface area (Å²) in [6, 6.07) is 8.14. The first-order valence-corrected chi connectivity index (χ1v) is 8.97. The zero-order valence-electron chi connectivity index (χ0n) is 14.6. The van der Waals surface area contributed by atoms with Crippen LogP contribution in [0.4, 0.5) is 5.95 Å². The molecule has 0 spiro atoms. The van der Waals surface area contributed by atoms with Crippen molar-refractivity contribution < 1.29 is 0 Å². The molecule has 2 aromatic heterocycles. The molecule has 1 saturated heterocycles. The van der Waals surface area contributed by atoms with Crippen LogP contribution < -0.4 is 10.6 Å². The maximum absolute atomic E-state index is 8.98. The van der Waals surface area contributed by atoms with Crippen molar-refractivity contribution in [3.63, 3.8) is 0 Å². The van der Waals surface area contributed by atoms with Crippen molar-refractivity contribution in [2.75, 3.05) is 5.32 Å². The highest BCUT2D eigenvalue weighted by atomic mass is 32.1. The van der Waals surface area contributed by atoms with Crippen molar-refractivity contribution in [3.8, 4) is 16.6 Å². The molecule has 3 rings (SSSR count). The van der Waals surface area contributed by atoms with E-state index in [2.05, 4.69) is 54.4 Å². The second-order valence-electron chi connectivity index (χ2n) is 7.68. The molecule has 0 atom stereocenters. The van der Waals surface area contributed by atoms with Crippen molar-refractivity contribution in [1.82, 2.24) is 15.3 Å². The molecule has 0 saturated carbocycles. The van der Waals surface area contributed by atoms with Crippen LogP contribution in [0.3, 0.4) is 0 Å². The number of nitriles is 1. The van der Waals surface area contributed by atoms with Gasteiger partial charge in [0, 0.05) is 23.3 Å². The van der Waals surface area contributed by atoms with Crippen LogP contribution in [0, 0.1) is 11.3 Å². The Morgan fingerprint density at radius 1 is 1.21 bits per heavy atom. The van der Waals surface area contributed by atoms with Gasteiger partial charge in [0.2, 0.25) is 5.95 Å². The van der Waals surface area contributed by atoms with E-state index < -0.39 is 0 Å². The summed E-state index contributed by atoms with van der Waals surface area (Å²) < 4.78 is 0. The molecule has 0 bridgehead atoms. The quantitative estimate of drug-likeness (QED) is 0.888. The van der Waals surface area contributed by atoms with Crippen LogP contribution in [0.2, 0.25) is 0 Å². The van der Waals surface area contributed by atoms with Crippen LogP contribution in [0.15, 0.2) is 24.4 Å². The molecule has 5 nitrogen and oxygen atoms in total. The van der Waals surface area contributed by atoms with Gasteiger partial charge in [-0.25, -0.2) is 9.97 Å². The van der Waals surface area contributed by atoms with Gasteiger partial charge < -0.3 is 10.6 Å². The Morgan fingerprint density at radius 2 is 1.92 bits per heavy atom. The van der Waals surface area contributed by atoms with Crippen molar-refractivity contribution >= 4 is 17.3 Å². The molecule has 2 N–H and O–H groups in total. The number of nitrogens with one attached hydrogen (secondary N) is 2. The predicted octanol–water partition coefficient (Wildman–Crippen LogP) is 3.80. The third kappa shape index (κ3) is 3.92. The topological polar surface area (TPSA) is 73.6 Å². The average Bonchev–Trinajstić information content (AvgIpc) is 2.93. The fourth-order valence-electron chi connectivity index (χ4n) is 3.71. The highest BCUT2D eigenvalue weighted by molar-refractivity contribution is 7.15. The number of piperidine rings is 1. The normalized spacial score (nSPS) is 19.6. The van der Waals surface area contributed by atoms with Gasteiger partial charge in [0.25, 0.3) is 0 Å². The summed E-state index contributed by atoms with van der Waals surface area (Å²) in [7, 11) is 0. The summed E-state index contributed by atoms with van der Waals surface area (Å²) in [4.78, 5) is 10.7. The molecule has 0 amide bonds. The van der Waals surface area contributed by atoms with E-state index in [-0.39, 0.29) is 11.1 Å². The lowest BCUT2D eigenvalue weighted by atomic mass is 9.80. The first-order chi connectivity index (χ1) is 11.3. The smallest absolute Gasteiger partial charge is 0.223 e. The van der Waals surface area contributed by atoms with E-state index in [1.807, 2.05) is 18.2 Å². The van der Waals surface area contributed by atoms with Gasteiger partial charge in [0.15, 0.2) is 0 Å². The Labute approximate surface area is 147 Å². The molecule has 0 unspecified atom stereocenters. The molecule has 1 aliphatic heterocycles. The van der Waals surface area contributed by atoms with Gasteiger partial charge in [-0.3, -0.25) is 0 Å². The summed E-state index contributed by atoms with van der Waals surface area (Å²) in [5, 5.41) is 16.2. The molecule has 1 fully saturated rings. The SMILES string of the molecule is CC1(C)CC(Nc2nccc(-c3ccc(C#N)s3)n2)CC(C)(C)N1. The molecule has 2 aromatic rings. The van der Waals surface area contributed by atoms with Crippen LogP contribution >= 0.6 is 11.3 Å². The monoisotopic (exact) mass is 341 g/mol. The summed E-state index contributed by atoms with van der Waals surface area (Å²) in [5.41, 5.74) is 1.00. The number of thiophene rings is 1. The zero-order chi connectivity index (χ0) is 17.4. The molecule has 0 radical (unpaired) electrons. The molecule has 0 aliphatic carbocycles. The van der Waals surface area contributed by atoms with E-state index in [9.17, 15) is 0 Å². The van der Waals surface area contributed by atoms with Gasteiger partial charge in [-0.1, -0.05) is 0 Å². The average molecular weight is 341 g/mol. The van der Waals surface area contributed by atoms with Crippen LogP contribution in [-0.2, 0) is 0 Å². The highest BCUT2D eigenvalue weighted by Crippen LogP contribution is 2.31. The minimum Gasteiger partial charge on any atom is -0.351 e. The molecule has 1 aliphatic rings. The van der Waals surface area contributed by atoms with Crippen LogP contribution in [0.5, 0.6) is 0 Å². The lowest BCUT2D eigenvalue weighted by molar-refractivity contribution is 0.170. The highest BCUT2D eigenvalue weighted by Gasteiger charge is 2.37. The van der Waals surface area contributed by atoms with Gasteiger partial charge in [-0.2, -0.15) is 5.26 Å². The van der Waals surface area contributed by atoms with Crippen LogP contribution in [0.25, 0.3) is 10.6 Å². The Morgan fingerprint density at radius 3 is 2.54 bits per heavy atom. The molecule has 6 heteroatoms. The predicted molar refractivity (Wildman–Crippen MR) is 98.0 cm³/mol. The number of aromatic nitrogens is 2. The molecular weight excluding hydrogens is 318 g/mol. The lowest BCUT2D eigenvalue weighted by Crippen LogP contribution is -2.60. The first-order valence-electron chi connectivity index (χ1n) is 8.16. The van der Waals surface area contributed by atoms with Gasteiger partial charge in [0.1, 0.15) is 10.9 Å². The fourth-order valence-corrected chi connectivity index (χ4v) is 4.48. The second-order valence-corrected chi connectivity index (χ2v) is 8.77. The Bertz CT molecular complexity index is 756. The van der Waals surface area contributed by atoms with Gasteiger partial charge in [-0.05, 0) is 58.7 Å². The van der Waals surface area contributed by atoms with Gasteiger partial charge >= 0.3 is 0 Å². The number of nitrogens with zero attached hydrogens (tertiary/aromatic N) is 3. The van der Waals surface area contributed by atoms with E-state index in [1.165, 1.54) is 11.3 Å². The summed E-state index contributed by atoms with van der Waals surface area (Å²) in [5.74, 6) is 0.651. The minimum absolute atomic E-state index is 0.0759. The maximum atomic E-state index is 8.98. The first kappa shape index (κ1) is 16.9. The second kappa shape index (κ2) is 6.15. The van der Waals surface area contributed by atoms with Crippen molar-refractivity contribution in [1.29, 1.82) is 5.26 Å². The van der Waals surface area contributed by atoms with Crippen LogP contribution in [0.1, 0.15) is 45.4 Å². The lowest BCUT2D eigenvalue weighted by Gasteiger charge is -2.46. The Balaban J connectivity index is 1.78. The van der Waals surface area contributed by atoms with E-state index in [0.717, 1.165) is 23.4 Å². The third-order valence-electron chi connectivity index (χ3n) is 4.15. The zero-order valence-corrected chi connectivity index (χ0v) is 15.4. The largest absolute Gasteiger partial charge is 0.351 e. The summed E-state index contributed by atoms with van der Waals surface area (Å²) in [6.07, 6.45) is 3.80. The number of anilines is 1. The molecular formula is C18H23N5S. The maximum Gasteiger partial charge on any atom is 0.223 e. The Kier molecular flexibility index (Phi) is 4.33. The van der Waals surface area contributed by atoms with Crippen molar-refractivity contribution in [2.24, 2.45) is 0 Å². The van der Waals surface area contributed by atoms with E-state index >= 15 is 0 Å². The summed E-state index contributed by atoms with van der Waals surface area (Å²) in [6.45, 7) is 8.92. The number of hydrogen-bond acceptors (Lipinski definition) is 6. The third-order valence-corrected chi connectivity index (χ3v) is 5.16. The van der Waals surface area contributed by atoms with Crippen LogP contribution in [-0.4, -0.2) is 27.1 Å². The van der Waals surface area contributed by atoms with E-state index in [0.29, 0.717) is 16.9 Å². The van der Waals surface area contributed by atoms with E-state index in [4.69, 9.17) is 5.26 Å². The standard InChI is InChI=1S/C18H23N5S/c1-17(2)9-12(10-18(3,4)23-17)21-16-20-8-7-14(22-16)15-6-5-13(11-19)24-15/h5-8,12,23H,9-10H2,1-4H3,(H,20,21,22). The number of hydrogen-bond donors (Lipinski definition) is 2. The minimum atomic E-state index is 0.0759. The van der Waals surface area contributed by atoms with Gasteiger partial charge in [0.05, 0.1) is 10.6 Å². The molecule has 3 heterocycles. The van der Waals surface area contributed by atoms with Crippen molar-refractivity contribution in [3.05, 3.63) is 29.3 Å². The van der Waals surface area contributed by atoms with E-state index in [1.54, 1.807) is 6.20 Å². The Hall–Kier alpha value is -1.97. The fraction of sp³-hybridized carbons (Fsp3) is 0.500. The number of rotatable bonds is 3.